The number of rotatable bonds is 4. The van der Waals surface area contributed by atoms with Crippen LogP contribution in [0.1, 0.15) is 13.3 Å². The molecule has 0 radical (unpaired) electrons. The zero-order valence-corrected chi connectivity index (χ0v) is 10.5. The summed E-state index contributed by atoms with van der Waals surface area (Å²) in [6, 6.07) is 3.59. The SMILES string of the molecule is CCOC(=O)CC(=O)Nc1ccc(Br)s1. The topological polar surface area (TPSA) is 55.4 Å². The van der Waals surface area contributed by atoms with Crippen LogP contribution in [0.2, 0.25) is 0 Å². The summed E-state index contributed by atoms with van der Waals surface area (Å²) in [5.74, 6) is -0.867. The Balaban J connectivity index is 2.39. The van der Waals surface area contributed by atoms with E-state index in [9.17, 15) is 9.59 Å². The van der Waals surface area contributed by atoms with Gasteiger partial charge < -0.3 is 10.1 Å². The zero-order chi connectivity index (χ0) is 11.3. The highest BCUT2D eigenvalue weighted by molar-refractivity contribution is 9.11. The van der Waals surface area contributed by atoms with E-state index in [0.29, 0.717) is 5.00 Å². The van der Waals surface area contributed by atoms with Gasteiger partial charge in [0.05, 0.1) is 15.4 Å². The molecule has 0 saturated heterocycles. The first kappa shape index (κ1) is 12.2. The second kappa shape index (κ2) is 5.87. The number of hydrogen-bond donors (Lipinski definition) is 1. The summed E-state index contributed by atoms with van der Waals surface area (Å²) >= 11 is 4.66. The van der Waals surface area contributed by atoms with Gasteiger partial charge in [0.2, 0.25) is 5.91 Å². The normalized spacial score (nSPS) is 9.73. The summed E-state index contributed by atoms with van der Waals surface area (Å²) in [7, 11) is 0. The summed E-state index contributed by atoms with van der Waals surface area (Å²) in [4.78, 5) is 22.2. The molecule has 0 atom stereocenters. The maximum absolute atomic E-state index is 11.3. The number of halogens is 1. The van der Waals surface area contributed by atoms with Gasteiger partial charge in [-0.25, -0.2) is 0 Å². The fourth-order valence-corrected chi connectivity index (χ4v) is 2.21. The maximum Gasteiger partial charge on any atom is 0.315 e. The monoisotopic (exact) mass is 291 g/mol. The van der Waals surface area contributed by atoms with Crippen molar-refractivity contribution in [3.05, 3.63) is 15.9 Å². The van der Waals surface area contributed by atoms with Crippen molar-refractivity contribution in [2.75, 3.05) is 11.9 Å². The minimum atomic E-state index is -0.509. The van der Waals surface area contributed by atoms with Gasteiger partial charge in [-0.2, -0.15) is 0 Å². The Morgan fingerprint density at radius 1 is 1.53 bits per heavy atom. The lowest BCUT2D eigenvalue weighted by atomic mass is 10.4. The molecule has 0 aliphatic carbocycles. The van der Waals surface area contributed by atoms with Crippen LogP contribution in [0.4, 0.5) is 5.00 Å². The number of carbonyl (C=O) groups is 2. The molecule has 0 aliphatic heterocycles. The molecule has 1 heterocycles. The minimum Gasteiger partial charge on any atom is -0.466 e. The molecule has 6 heteroatoms. The van der Waals surface area contributed by atoms with Crippen LogP contribution in [0, 0.1) is 0 Å². The van der Waals surface area contributed by atoms with Gasteiger partial charge in [-0.05, 0) is 35.0 Å². The van der Waals surface area contributed by atoms with Crippen LogP contribution < -0.4 is 5.32 Å². The predicted molar refractivity (Wildman–Crippen MR) is 61.9 cm³/mol. The van der Waals surface area contributed by atoms with Crippen molar-refractivity contribution < 1.29 is 14.3 Å². The van der Waals surface area contributed by atoms with Crippen LogP contribution in [0.15, 0.2) is 15.9 Å². The molecule has 0 aliphatic rings. The first-order valence-electron chi connectivity index (χ1n) is 4.32. The largest absolute Gasteiger partial charge is 0.466 e. The first-order chi connectivity index (χ1) is 7.11. The highest BCUT2D eigenvalue weighted by Crippen LogP contribution is 2.26. The lowest BCUT2D eigenvalue weighted by Crippen LogP contribution is -2.17. The second-order valence-electron chi connectivity index (χ2n) is 2.63. The van der Waals surface area contributed by atoms with Crippen LogP contribution in [0.3, 0.4) is 0 Å². The van der Waals surface area contributed by atoms with Crippen LogP contribution in [0.5, 0.6) is 0 Å². The van der Waals surface area contributed by atoms with Crippen molar-refractivity contribution in [2.24, 2.45) is 0 Å². The summed E-state index contributed by atoms with van der Waals surface area (Å²) in [6.45, 7) is 1.99. The molecule has 1 amide bonds. The summed E-state index contributed by atoms with van der Waals surface area (Å²) < 4.78 is 5.57. The van der Waals surface area contributed by atoms with E-state index in [4.69, 9.17) is 0 Å². The molecule has 15 heavy (non-hydrogen) atoms. The Labute approximate surface area is 99.8 Å². The summed E-state index contributed by atoms with van der Waals surface area (Å²) in [5.41, 5.74) is 0. The average molecular weight is 292 g/mol. The fraction of sp³-hybridized carbons (Fsp3) is 0.333. The zero-order valence-electron chi connectivity index (χ0n) is 8.08. The van der Waals surface area contributed by atoms with Crippen molar-refractivity contribution in [3.8, 4) is 0 Å². The molecule has 82 valence electrons. The van der Waals surface area contributed by atoms with Gasteiger partial charge in [-0.15, -0.1) is 11.3 Å². The Morgan fingerprint density at radius 2 is 2.27 bits per heavy atom. The highest BCUT2D eigenvalue weighted by Gasteiger charge is 2.10. The number of carbonyl (C=O) groups excluding carboxylic acids is 2. The number of ether oxygens (including phenoxy) is 1. The molecule has 0 aromatic carbocycles. The molecule has 0 fully saturated rings. The van der Waals surface area contributed by atoms with E-state index >= 15 is 0 Å². The van der Waals surface area contributed by atoms with E-state index in [-0.39, 0.29) is 18.9 Å². The lowest BCUT2D eigenvalue weighted by molar-refractivity contribution is -0.145. The minimum absolute atomic E-state index is 0.247. The average Bonchev–Trinajstić information content (AvgIpc) is 2.51. The molecule has 4 nitrogen and oxygen atoms in total. The standard InChI is InChI=1S/C9H10BrNO3S/c1-2-14-9(13)5-7(12)11-8-4-3-6(10)15-8/h3-4H,2,5H2,1H3,(H,11,12). The lowest BCUT2D eigenvalue weighted by Gasteiger charge is -2.02. The van der Waals surface area contributed by atoms with E-state index in [1.54, 1.807) is 13.0 Å². The molecule has 0 unspecified atom stereocenters. The van der Waals surface area contributed by atoms with Gasteiger partial charge in [0.25, 0.3) is 0 Å². The number of amides is 1. The smallest absolute Gasteiger partial charge is 0.315 e. The van der Waals surface area contributed by atoms with Gasteiger partial charge in [0, 0.05) is 0 Å². The van der Waals surface area contributed by atoms with Crippen molar-refractivity contribution in [1.29, 1.82) is 0 Å². The number of anilines is 1. The maximum atomic E-state index is 11.3. The third-order valence-electron chi connectivity index (χ3n) is 1.45. The number of esters is 1. The van der Waals surface area contributed by atoms with Gasteiger partial charge in [-0.1, -0.05) is 0 Å². The van der Waals surface area contributed by atoms with Crippen LogP contribution >= 0.6 is 27.3 Å². The van der Waals surface area contributed by atoms with E-state index in [1.807, 2.05) is 6.07 Å². The third kappa shape index (κ3) is 4.44. The van der Waals surface area contributed by atoms with Crippen molar-refractivity contribution in [2.45, 2.75) is 13.3 Å². The second-order valence-corrected chi connectivity index (χ2v) is 5.10. The fourth-order valence-electron chi connectivity index (χ4n) is 0.906. The van der Waals surface area contributed by atoms with Crippen LogP contribution in [0.25, 0.3) is 0 Å². The van der Waals surface area contributed by atoms with Gasteiger partial charge in [-0.3, -0.25) is 9.59 Å². The van der Waals surface area contributed by atoms with Crippen LogP contribution in [-0.2, 0) is 14.3 Å². The summed E-state index contributed by atoms with van der Waals surface area (Å²) in [6.07, 6.45) is -0.247. The Hall–Kier alpha value is -0.880. The molecule has 1 N–H and O–H groups in total. The Morgan fingerprint density at radius 3 is 2.80 bits per heavy atom. The number of thiophene rings is 1. The predicted octanol–water partition coefficient (Wildman–Crippen LogP) is 2.40. The quantitative estimate of drug-likeness (QED) is 0.685. The van der Waals surface area contributed by atoms with E-state index in [2.05, 4.69) is 26.0 Å². The van der Waals surface area contributed by atoms with Gasteiger partial charge in [0.15, 0.2) is 0 Å². The number of nitrogens with one attached hydrogen (secondary N) is 1. The molecule has 1 rings (SSSR count). The highest BCUT2D eigenvalue weighted by atomic mass is 79.9. The van der Waals surface area contributed by atoms with Gasteiger partial charge in [0.1, 0.15) is 6.42 Å². The molecule has 0 bridgehead atoms. The van der Waals surface area contributed by atoms with E-state index in [1.165, 1.54) is 11.3 Å². The Bertz CT molecular complexity index is 364. The number of hydrogen-bond acceptors (Lipinski definition) is 4. The van der Waals surface area contributed by atoms with Crippen molar-refractivity contribution in [1.82, 2.24) is 0 Å². The van der Waals surface area contributed by atoms with Crippen LogP contribution in [-0.4, -0.2) is 18.5 Å². The van der Waals surface area contributed by atoms with E-state index in [0.717, 1.165) is 3.79 Å². The third-order valence-corrected chi connectivity index (χ3v) is 2.99. The molecular weight excluding hydrogens is 282 g/mol. The molecule has 0 saturated carbocycles. The summed E-state index contributed by atoms with van der Waals surface area (Å²) in [5, 5.41) is 3.31. The van der Waals surface area contributed by atoms with E-state index < -0.39 is 5.97 Å². The molecule has 1 aromatic heterocycles. The van der Waals surface area contributed by atoms with Crippen molar-refractivity contribution in [3.63, 3.8) is 0 Å². The molecule has 0 spiro atoms. The first-order valence-corrected chi connectivity index (χ1v) is 5.93. The molecule has 1 aromatic rings. The Kier molecular flexibility index (Phi) is 4.77. The molecular formula is C9H10BrNO3S. The van der Waals surface area contributed by atoms with Crippen molar-refractivity contribution >= 4 is 44.1 Å². The van der Waals surface area contributed by atoms with Gasteiger partial charge >= 0.3 is 5.97 Å².